The van der Waals surface area contributed by atoms with Gasteiger partial charge in [-0.25, -0.2) is 0 Å². The van der Waals surface area contributed by atoms with Gasteiger partial charge in [-0.1, -0.05) is 6.07 Å². The van der Waals surface area contributed by atoms with Gasteiger partial charge in [0.15, 0.2) is 0 Å². The van der Waals surface area contributed by atoms with Gasteiger partial charge in [0.05, 0.1) is 26.2 Å². The van der Waals surface area contributed by atoms with E-state index in [2.05, 4.69) is 4.90 Å². The summed E-state index contributed by atoms with van der Waals surface area (Å²) in [5.41, 5.74) is 7.27. The minimum Gasteiger partial charge on any atom is -0.496 e. The first kappa shape index (κ1) is 15.8. The van der Waals surface area contributed by atoms with Crippen LogP contribution in [0.5, 0.6) is 5.75 Å². The lowest BCUT2D eigenvalue weighted by molar-refractivity contribution is -0.138. The van der Waals surface area contributed by atoms with Gasteiger partial charge in [0, 0.05) is 31.7 Å². The molecule has 0 saturated carbocycles. The zero-order valence-corrected chi connectivity index (χ0v) is 12.2. The van der Waals surface area contributed by atoms with Crippen LogP contribution in [0.3, 0.4) is 0 Å². The topological polar surface area (TPSA) is 85.0 Å². The molecule has 6 heteroatoms. The quantitative estimate of drug-likeness (QED) is 0.801. The normalized spacial score (nSPS) is 17.4. The van der Waals surface area contributed by atoms with Crippen LogP contribution in [0, 0.1) is 0 Å². The van der Waals surface area contributed by atoms with Gasteiger partial charge in [0.2, 0.25) is 0 Å². The maximum atomic E-state index is 11.2. The Balaban J connectivity index is 2.22. The van der Waals surface area contributed by atoms with Crippen LogP contribution in [0.4, 0.5) is 0 Å². The van der Waals surface area contributed by atoms with Crippen molar-refractivity contribution in [3.8, 4) is 5.75 Å². The van der Waals surface area contributed by atoms with Gasteiger partial charge in [-0.3, -0.25) is 9.69 Å². The van der Waals surface area contributed by atoms with Gasteiger partial charge < -0.3 is 20.3 Å². The predicted molar refractivity (Wildman–Crippen MR) is 78.5 cm³/mol. The standard InChI is InChI=1S/C15H22N2O4/c1-20-14-3-2-11(13(9-16)15(18)19)8-12(14)10-17-4-6-21-7-5-17/h2-3,8,13H,4-7,9-10,16H2,1H3,(H,18,19). The summed E-state index contributed by atoms with van der Waals surface area (Å²) in [7, 11) is 1.62. The molecular weight excluding hydrogens is 272 g/mol. The fourth-order valence-electron chi connectivity index (χ4n) is 2.52. The minimum atomic E-state index is -0.903. The molecule has 0 aromatic heterocycles. The average molecular weight is 294 g/mol. The third kappa shape index (κ3) is 3.93. The third-order valence-corrected chi connectivity index (χ3v) is 3.74. The van der Waals surface area contributed by atoms with Crippen LogP contribution in [0.25, 0.3) is 0 Å². The molecule has 0 bridgehead atoms. The number of rotatable bonds is 6. The van der Waals surface area contributed by atoms with E-state index in [-0.39, 0.29) is 6.54 Å². The van der Waals surface area contributed by atoms with Gasteiger partial charge in [-0.15, -0.1) is 0 Å². The highest BCUT2D eigenvalue weighted by atomic mass is 16.5. The molecule has 1 saturated heterocycles. The number of hydrogen-bond donors (Lipinski definition) is 2. The Kier molecular flexibility index (Phi) is 5.55. The van der Waals surface area contributed by atoms with Crippen molar-refractivity contribution in [2.24, 2.45) is 5.73 Å². The average Bonchev–Trinajstić information content (AvgIpc) is 2.49. The van der Waals surface area contributed by atoms with Crippen LogP contribution in [0.2, 0.25) is 0 Å². The highest BCUT2D eigenvalue weighted by Gasteiger charge is 2.20. The Labute approximate surface area is 124 Å². The number of carbonyl (C=O) groups is 1. The number of methoxy groups -OCH3 is 1. The molecule has 1 fully saturated rings. The molecule has 1 heterocycles. The molecule has 6 nitrogen and oxygen atoms in total. The highest BCUT2D eigenvalue weighted by Crippen LogP contribution is 2.26. The van der Waals surface area contributed by atoms with Crippen molar-refractivity contribution >= 4 is 5.97 Å². The molecule has 0 aliphatic carbocycles. The van der Waals surface area contributed by atoms with Crippen LogP contribution in [0.15, 0.2) is 18.2 Å². The largest absolute Gasteiger partial charge is 0.496 e. The van der Waals surface area contributed by atoms with Crippen LogP contribution >= 0.6 is 0 Å². The number of ether oxygens (including phenoxy) is 2. The molecule has 0 spiro atoms. The van der Waals surface area contributed by atoms with Gasteiger partial charge >= 0.3 is 5.97 Å². The van der Waals surface area contributed by atoms with Crippen molar-refractivity contribution < 1.29 is 19.4 Å². The number of benzene rings is 1. The van der Waals surface area contributed by atoms with Crippen LogP contribution in [-0.4, -0.2) is 55.9 Å². The second-order valence-corrected chi connectivity index (χ2v) is 5.09. The smallest absolute Gasteiger partial charge is 0.312 e. The first-order chi connectivity index (χ1) is 10.2. The zero-order valence-electron chi connectivity index (χ0n) is 12.2. The highest BCUT2D eigenvalue weighted by molar-refractivity contribution is 5.76. The fourth-order valence-corrected chi connectivity index (χ4v) is 2.52. The molecule has 0 radical (unpaired) electrons. The lowest BCUT2D eigenvalue weighted by Crippen LogP contribution is -2.35. The second kappa shape index (κ2) is 7.40. The Hall–Kier alpha value is -1.63. The van der Waals surface area contributed by atoms with Crippen molar-refractivity contribution in [1.82, 2.24) is 4.90 Å². The Morgan fingerprint density at radius 3 is 2.76 bits per heavy atom. The summed E-state index contributed by atoms with van der Waals surface area (Å²) in [6.45, 7) is 3.99. The van der Waals surface area contributed by atoms with Gasteiger partial charge in [-0.2, -0.15) is 0 Å². The predicted octanol–water partition coefficient (Wildman–Crippen LogP) is 0.654. The number of nitrogens with zero attached hydrogens (tertiary/aromatic N) is 1. The molecule has 1 atom stereocenters. The maximum absolute atomic E-state index is 11.2. The number of carboxylic acids is 1. The van der Waals surface area contributed by atoms with E-state index < -0.39 is 11.9 Å². The number of hydrogen-bond acceptors (Lipinski definition) is 5. The molecule has 1 aliphatic rings. The summed E-state index contributed by atoms with van der Waals surface area (Å²) >= 11 is 0. The molecule has 1 unspecified atom stereocenters. The van der Waals surface area contributed by atoms with Crippen molar-refractivity contribution in [2.45, 2.75) is 12.5 Å². The molecule has 3 N–H and O–H groups in total. The number of carboxylic acid groups (broad SMARTS) is 1. The molecule has 1 aliphatic heterocycles. The van der Waals surface area contributed by atoms with E-state index in [9.17, 15) is 9.90 Å². The van der Waals surface area contributed by atoms with Gasteiger partial charge in [-0.05, 0) is 17.7 Å². The monoisotopic (exact) mass is 294 g/mol. The molecule has 21 heavy (non-hydrogen) atoms. The van der Waals surface area contributed by atoms with Crippen molar-refractivity contribution in [3.63, 3.8) is 0 Å². The van der Waals surface area contributed by atoms with E-state index in [1.807, 2.05) is 12.1 Å². The third-order valence-electron chi connectivity index (χ3n) is 3.74. The summed E-state index contributed by atoms with van der Waals surface area (Å²) in [5.74, 6) is -0.814. The van der Waals surface area contributed by atoms with E-state index in [1.54, 1.807) is 13.2 Å². The minimum absolute atomic E-state index is 0.0820. The van der Waals surface area contributed by atoms with E-state index in [0.717, 1.165) is 44.2 Å². The van der Waals surface area contributed by atoms with Crippen LogP contribution < -0.4 is 10.5 Å². The Morgan fingerprint density at radius 1 is 1.48 bits per heavy atom. The maximum Gasteiger partial charge on any atom is 0.312 e. The summed E-state index contributed by atoms with van der Waals surface area (Å²) in [5, 5.41) is 9.23. The first-order valence-corrected chi connectivity index (χ1v) is 7.05. The fraction of sp³-hybridized carbons (Fsp3) is 0.533. The number of morpholine rings is 1. The molecule has 1 aromatic rings. The van der Waals surface area contributed by atoms with Crippen LogP contribution in [-0.2, 0) is 16.1 Å². The van der Waals surface area contributed by atoms with E-state index in [0.29, 0.717) is 5.56 Å². The van der Waals surface area contributed by atoms with E-state index in [4.69, 9.17) is 15.2 Å². The SMILES string of the molecule is COc1ccc(C(CN)C(=O)O)cc1CN1CCOCC1. The van der Waals surface area contributed by atoms with Gasteiger partial charge in [0.25, 0.3) is 0 Å². The van der Waals surface area contributed by atoms with Crippen LogP contribution in [0.1, 0.15) is 17.0 Å². The summed E-state index contributed by atoms with van der Waals surface area (Å²) in [4.78, 5) is 13.5. The molecule has 1 aromatic carbocycles. The summed E-state index contributed by atoms with van der Waals surface area (Å²) < 4.78 is 10.7. The molecule has 116 valence electrons. The Morgan fingerprint density at radius 2 is 2.19 bits per heavy atom. The van der Waals surface area contributed by atoms with E-state index in [1.165, 1.54) is 0 Å². The van der Waals surface area contributed by atoms with Gasteiger partial charge in [0.1, 0.15) is 5.75 Å². The lowest BCUT2D eigenvalue weighted by atomic mass is 9.96. The molecule has 2 rings (SSSR count). The summed E-state index contributed by atoms with van der Waals surface area (Å²) in [6.07, 6.45) is 0. The number of aliphatic carboxylic acids is 1. The second-order valence-electron chi connectivity index (χ2n) is 5.09. The molecular formula is C15H22N2O4. The first-order valence-electron chi connectivity index (χ1n) is 7.05. The summed E-state index contributed by atoms with van der Waals surface area (Å²) in [6, 6.07) is 5.48. The molecule has 0 amide bonds. The number of nitrogens with two attached hydrogens (primary N) is 1. The Bertz CT molecular complexity index is 487. The van der Waals surface area contributed by atoms with Crippen molar-refractivity contribution in [2.75, 3.05) is 40.0 Å². The zero-order chi connectivity index (χ0) is 15.2. The van der Waals surface area contributed by atoms with Crippen molar-refractivity contribution in [1.29, 1.82) is 0 Å². The van der Waals surface area contributed by atoms with Crippen molar-refractivity contribution in [3.05, 3.63) is 29.3 Å². The lowest BCUT2D eigenvalue weighted by Gasteiger charge is -2.27. The van der Waals surface area contributed by atoms with E-state index >= 15 is 0 Å².